The van der Waals surface area contributed by atoms with E-state index in [0.29, 0.717) is 0 Å². The molecular formula is C28H24S. The van der Waals surface area contributed by atoms with E-state index in [1.54, 1.807) is 0 Å². The minimum absolute atomic E-state index is 0.157. The number of hydrogen-bond acceptors (Lipinski definition) is 1. The van der Waals surface area contributed by atoms with Gasteiger partial charge in [0, 0.05) is 20.2 Å². The summed E-state index contributed by atoms with van der Waals surface area (Å²) < 4.78 is 2.73. The molecule has 0 fully saturated rings. The van der Waals surface area contributed by atoms with Crippen LogP contribution in [0, 0.1) is 0 Å². The topological polar surface area (TPSA) is 0 Å². The second-order valence-corrected chi connectivity index (χ2v) is 9.74. The van der Waals surface area contributed by atoms with E-state index in [4.69, 9.17) is 0 Å². The van der Waals surface area contributed by atoms with Crippen LogP contribution in [0.1, 0.15) is 26.3 Å². The maximum absolute atomic E-state index is 2.39. The Bertz CT molecular complexity index is 1320. The van der Waals surface area contributed by atoms with Crippen LogP contribution in [-0.4, -0.2) is 0 Å². The maximum atomic E-state index is 2.39. The van der Waals surface area contributed by atoms with Crippen LogP contribution < -0.4 is 0 Å². The molecule has 0 spiro atoms. The summed E-state index contributed by atoms with van der Waals surface area (Å²) in [6, 6.07) is 33.2. The first-order chi connectivity index (χ1) is 14.0. The second-order valence-electron chi connectivity index (χ2n) is 8.69. The minimum Gasteiger partial charge on any atom is -0.135 e. The number of hydrogen-bond donors (Lipinski definition) is 0. The first-order valence-electron chi connectivity index (χ1n) is 10.1. The number of benzene rings is 4. The van der Waals surface area contributed by atoms with Gasteiger partial charge in [-0.2, -0.15) is 0 Å². The fourth-order valence-corrected chi connectivity index (χ4v) is 5.21. The highest BCUT2D eigenvalue weighted by molar-refractivity contribution is 7.26. The number of rotatable bonds is 2. The Morgan fingerprint density at radius 2 is 1.31 bits per heavy atom. The third kappa shape index (κ3) is 3.26. The summed E-state index contributed by atoms with van der Waals surface area (Å²) in [4.78, 5) is 0. The monoisotopic (exact) mass is 392 g/mol. The van der Waals surface area contributed by atoms with Gasteiger partial charge in [0.2, 0.25) is 0 Å². The molecule has 0 nitrogen and oxygen atoms in total. The molecule has 4 aromatic carbocycles. The largest absolute Gasteiger partial charge is 0.135 e. The summed E-state index contributed by atoms with van der Waals surface area (Å²) in [6.07, 6.45) is 0. The van der Waals surface area contributed by atoms with Gasteiger partial charge in [-0.3, -0.25) is 0 Å². The fourth-order valence-electron chi connectivity index (χ4n) is 3.99. The summed E-state index contributed by atoms with van der Waals surface area (Å²) in [7, 11) is 0. The van der Waals surface area contributed by atoms with Crippen LogP contribution >= 0.6 is 11.3 Å². The van der Waals surface area contributed by atoms with E-state index in [-0.39, 0.29) is 5.41 Å². The van der Waals surface area contributed by atoms with Crippen LogP contribution in [0.15, 0.2) is 91.0 Å². The standard InChI is InChI=1S/C28H24S/c1-28(2,3)22-15-16-26-25(18-22)24-14-8-13-23(27(24)29-26)21-12-7-11-20(17-21)19-9-5-4-6-10-19/h4-18H,1-3H3. The normalized spacial score (nSPS) is 12.0. The fraction of sp³-hybridized carbons (Fsp3) is 0.143. The van der Waals surface area contributed by atoms with Gasteiger partial charge in [-0.1, -0.05) is 93.6 Å². The van der Waals surface area contributed by atoms with Crippen LogP contribution in [0.5, 0.6) is 0 Å². The molecule has 142 valence electrons. The molecule has 0 bridgehead atoms. The molecule has 1 heteroatoms. The third-order valence-electron chi connectivity index (χ3n) is 5.64. The Kier molecular flexibility index (Phi) is 4.29. The lowest BCUT2D eigenvalue weighted by Crippen LogP contribution is -2.10. The molecule has 5 rings (SSSR count). The van der Waals surface area contributed by atoms with Crippen molar-refractivity contribution in [2.24, 2.45) is 0 Å². The SMILES string of the molecule is CC(C)(C)c1ccc2sc3c(-c4cccc(-c5ccccc5)c4)cccc3c2c1. The Hall–Kier alpha value is -2.90. The second kappa shape index (κ2) is 6.86. The predicted molar refractivity (Wildman–Crippen MR) is 129 cm³/mol. The van der Waals surface area contributed by atoms with Crippen molar-refractivity contribution in [2.45, 2.75) is 26.2 Å². The Balaban J connectivity index is 1.70. The van der Waals surface area contributed by atoms with Crippen LogP contribution in [0.2, 0.25) is 0 Å². The molecule has 0 saturated carbocycles. The molecule has 0 atom stereocenters. The van der Waals surface area contributed by atoms with E-state index in [2.05, 4.69) is 112 Å². The van der Waals surface area contributed by atoms with Crippen molar-refractivity contribution < 1.29 is 0 Å². The molecule has 0 aliphatic rings. The summed E-state index contributed by atoms with van der Waals surface area (Å²) in [5, 5.41) is 2.73. The van der Waals surface area contributed by atoms with E-state index in [0.717, 1.165) is 0 Å². The summed E-state index contributed by atoms with van der Waals surface area (Å²) >= 11 is 1.90. The van der Waals surface area contributed by atoms with Crippen molar-refractivity contribution in [2.75, 3.05) is 0 Å². The van der Waals surface area contributed by atoms with Gasteiger partial charge in [0.05, 0.1) is 0 Å². The molecule has 0 saturated heterocycles. The quantitative estimate of drug-likeness (QED) is 0.282. The Morgan fingerprint density at radius 1 is 0.586 bits per heavy atom. The summed E-state index contributed by atoms with van der Waals surface area (Å²) in [5.41, 5.74) is 6.66. The molecular weight excluding hydrogens is 368 g/mol. The van der Waals surface area contributed by atoms with Gasteiger partial charge in [0.15, 0.2) is 0 Å². The van der Waals surface area contributed by atoms with Crippen LogP contribution in [0.3, 0.4) is 0 Å². The Labute approximate surface area is 176 Å². The van der Waals surface area contributed by atoms with Crippen molar-refractivity contribution in [1.82, 2.24) is 0 Å². The number of fused-ring (bicyclic) bond motifs is 3. The van der Waals surface area contributed by atoms with Crippen molar-refractivity contribution in [1.29, 1.82) is 0 Å². The van der Waals surface area contributed by atoms with E-state index >= 15 is 0 Å². The van der Waals surface area contributed by atoms with Crippen molar-refractivity contribution in [3.8, 4) is 22.3 Å². The van der Waals surface area contributed by atoms with Crippen molar-refractivity contribution in [3.63, 3.8) is 0 Å². The van der Waals surface area contributed by atoms with Gasteiger partial charge in [0.25, 0.3) is 0 Å². The molecule has 0 unspecified atom stereocenters. The van der Waals surface area contributed by atoms with Crippen molar-refractivity contribution >= 4 is 31.5 Å². The van der Waals surface area contributed by atoms with Crippen LogP contribution in [-0.2, 0) is 5.41 Å². The lowest BCUT2D eigenvalue weighted by Gasteiger charge is -2.18. The Morgan fingerprint density at radius 3 is 2.10 bits per heavy atom. The average molecular weight is 393 g/mol. The van der Waals surface area contributed by atoms with Crippen LogP contribution in [0.25, 0.3) is 42.4 Å². The average Bonchev–Trinajstić information content (AvgIpc) is 3.12. The number of thiophene rings is 1. The first kappa shape index (κ1) is 18.1. The molecule has 29 heavy (non-hydrogen) atoms. The minimum atomic E-state index is 0.157. The molecule has 1 aromatic heterocycles. The van der Waals surface area contributed by atoms with Gasteiger partial charge >= 0.3 is 0 Å². The molecule has 0 aliphatic carbocycles. The smallest absolute Gasteiger partial charge is 0.0433 e. The first-order valence-corrected chi connectivity index (χ1v) is 10.9. The van der Waals surface area contributed by atoms with Crippen LogP contribution in [0.4, 0.5) is 0 Å². The lowest BCUT2D eigenvalue weighted by atomic mass is 9.86. The van der Waals surface area contributed by atoms with Crippen molar-refractivity contribution in [3.05, 3.63) is 96.6 Å². The molecule has 1 heterocycles. The predicted octanol–water partition coefficient (Wildman–Crippen LogP) is 8.69. The summed E-state index contributed by atoms with van der Waals surface area (Å²) in [5.74, 6) is 0. The zero-order chi connectivity index (χ0) is 20.0. The third-order valence-corrected chi connectivity index (χ3v) is 6.86. The zero-order valence-electron chi connectivity index (χ0n) is 17.1. The van der Waals surface area contributed by atoms with Gasteiger partial charge < -0.3 is 0 Å². The maximum Gasteiger partial charge on any atom is 0.0433 e. The van der Waals surface area contributed by atoms with Gasteiger partial charge in [-0.05, 0) is 51.4 Å². The highest BCUT2D eigenvalue weighted by Crippen LogP contribution is 2.41. The zero-order valence-corrected chi connectivity index (χ0v) is 17.9. The van der Waals surface area contributed by atoms with Gasteiger partial charge in [0.1, 0.15) is 0 Å². The van der Waals surface area contributed by atoms with E-state index in [9.17, 15) is 0 Å². The molecule has 0 amide bonds. The molecule has 0 N–H and O–H groups in total. The van der Waals surface area contributed by atoms with E-state index < -0.39 is 0 Å². The summed E-state index contributed by atoms with van der Waals surface area (Å²) in [6.45, 7) is 6.84. The van der Waals surface area contributed by atoms with Gasteiger partial charge in [-0.25, -0.2) is 0 Å². The molecule has 0 aliphatic heterocycles. The highest BCUT2D eigenvalue weighted by Gasteiger charge is 2.16. The van der Waals surface area contributed by atoms with E-state index in [1.165, 1.54) is 48.0 Å². The van der Waals surface area contributed by atoms with Gasteiger partial charge in [-0.15, -0.1) is 11.3 Å². The highest BCUT2D eigenvalue weighted by atomic mass is 32.1. The lowest BCUT2D eigenvalue weighted by molar-refractivity contribution is 0.591. The molecule has 0 radical (unpaired) electrons. The van der Waals surface area contributed by atoms with E-state index in [1.807, 2.05) is 11.3 Å². The molecule has 5 aromatic rings.